The minimum atomic E-state index is -0.910. The number of carbonyl (C=O) groups is 2. The van der Waals surface area contributed by atoms with Crippen LogP contribution in [0.3, 0.4) is 0 Å². The molecule has 4 nitrogen and oxygen atoms in total. The monoisotopic (exact) mass is 185 g/mol. The van der Waals surface area contributed by atoms with Gasteiger partial charge in [0.2, 0.25) is 0 Å². The molecule has 1 saturated carbocycles. The molecule has 4 heteroatoms. The van der Waals surface area contributed by atoms with Crippen LogP contribution in [0.1, 0.15) is 32.6 Å². The lowest BCUT2D eigenvalue weighted by Crippen LogP contribution is -2.50. The van der Waals surface area contributed by atoms with Crippen molar-refractivity contribution in [3.05, 3.63) is 0 Å². The molecule has 1 fully saturated rings. The first-order valence-electron chi connectivity index (χ1n) is 4.55. The van der Waals surface area contributed by atoms with Crippen molar-refractivity contribution >= 4 is 11.8 Å². The number of Topliss-reactive ketones (excluding diaryl/α,β-unsaturated/α-hetero) is 1. The highest BCUT2D eigenvalue weighted by Crippen LogP contribution is 2.30. The molecule has 0 unspecified atom stereocenters. The van der Waals surface area contributed by atoms with E-state index in [2.05, 4.69) is 5.32 Å². The fourth-order valence-corrected chi connectivity index (χ4v) is 1.88. The van der Waals surface area contributed by atoms with Gasteiger partial charge in [-0.3, -0.25) is 14.9 Å². The van der Waals surface area contributed by atoms with Gasteiger partial charge in [0.1, 0.15) is 5.78 Å². The van der Waals surface area contributed by atoms with E-state index in [9.17, 15) is 9.59 Å². The second-order valence-electron chi connectivity index (χ2n) is 3.59. The van der Waals surface area contributed by atoms with Gasteiger partial charge in [-0.15, -0.1) is 0 Å². The molecule has 0 aromatic carbocycles. The van der Waals surface area contributed by atoms with Gasteiger partial charge < -0.3 is 5.11 Å². The number of hydrogen-bond donors (Lipinski definition) is 2. The largest absolute Gasteiger partial charge is 0.480 e. The minimum absolute atomic E-state index is 0.0613. The molecule has 1 rings (SSSR count). The molecule has 1 aliphatic carbocycles. The average Bonchev–Trinajstić information content (AvgIpc) is 2.50. The first kappa shape index (κ1) is 10.2. The lowest BCUT2D eigenvalue weighted by atomic mass is 9.93. The zero-order valence-electron chi connectivity index (χ0n) is 7.80. The van der Waals surface area contributed by atoms with Crippen molar-refractivity contribution in [2.24, 2.45) is 0 Å². The van der Waals surface area contributed by atoms with Crippen molar-refractivity contribution in [2.45, 2.75) is 38.1 Å². The molecule has 0 radical (unpaired) electrons. The summed E-state index contributed by atoms with van der Waals surface area (Å²) in [4.78, 5) is 21.7. The number of carboxylic acids is 1. The number of hydrogen-bond acceptors (Lipinski definition) is 3. The van der Waals surface area contributed by atoms with Gasteiger partial charge in [-0.2, -0.15) is 0 Å². The molecule has 0 aromatic heterocycles. The number of ketones is 1. The Morgan fingerprint density at radius 2 is 1.92 bits per heavy atom. The number of carboxylic acid groups (broad SMARTS) is 1. The Kier molecular flexibility index (Phi) is 3.03. The quantitative estimate of drug-likeness (QED) is 0.671. The van der Waals surface area contributed by atoms with Crippen molar-refractivity contribution in [3.63, 3.8) is 0 Å². The van der Waals surface area contributed by atoms with Gasteiger partial charge in [0.15, 0.2) is 0 Å². The van der Waals surface area contributed by atoms with Crippen LogP contribution in [0, 0.1) is 0 Å². The van der Waals surface area contributed by atoms with E-state index in [1.165, 1.54) is 6.92 Å². The van der Waals surface area contributed by atoms with Crippen LogP contribution in [-0.2, 0) is 9.59 Å². The lowest BCUT2D eigenvalue weighted by Gasteiger charge is -2.26. The molecular weight excluding hydrogens is 170 g/mol. The van der Waals surface area contributed by atoms with Crippen molar-refractivity contribution in [3.8, 4) is 0 Å². The molecule has 0 aliphatic heterocycles. The predicted molar refractivity (Wildman–Crippen MR) is 47.5 cm³/mol. The summed E-state index contributed by atoms with van der Waals surface area (Å²) in [5.41, 5.74) is -0.543. The summed E-state index contributed by atoms with van der Waals surface area (Å²) in [5.74, 6) is -0.848. The Balaban J connectivity index is 2.57. The third kappa shape index (κ3) is 2.28. The van der Waals surface area contributed by atoms with Crippen LogP contribution in [0.15, 0.2) is 0 Å². The number of aliphatic carboxylic acids is 1. The maximum Gasteiger partial charge on any atom is 0.317 e. The van der Waals surface area contributed by atoms with Gasteiger partial charge in [-0.1, -0.05) is 12.8 Å². The van der Waals surface area contributed by atoms with E-state index in [1.807, 2.05) is 0 Å². The molecule has 0 amide bonds. The van der Waals surface area contributed by atoms with E-state index in [0.717, 1.165) is 25.7 Å². The van der Waals surface area contributed by atoms with Crippen molar-refractivity contribution in [1.29, 1.82) is 0 Å². The third-order valence-corrected chi connectivity index (χ3v) is 2.71. The van der Waals surface area contributed by atoms with Crippen LogP contribution in [0.2, 0.25) is 0 Å². The lowest BCUT2D eigenvalue weighted by molar-refractivity contribution is -0.136. The van der Waals surface area contributed by atoms with Gasteiger partial charge in [-0.05, 0) is 19.8 Å². The highest BCUT2D eigenvalue weighted by Gasteiger charge is 2.38. The fraction of sp³-hybridized carbons (Fsp3) is 0.778. The second kappa shape index (κ2) is 3.87. The molecule has 13 heavy (non-hydrogen) atoms. The van der Waals surface area contributed by atoms with E-state index in [4.69, 9.17) is 5.11 Å². The Morgan fingerprint density at radius 3 is 2.31 bits per heavy atom. The molecule has 2 N–H and O–H groups in total. The Bertz CT molecular complexity index is 219. The van der Waals surface area contributed by atoms with Crippen LogP contribution >= 0.6 is 0 Å². The third-order valence-electron chi connectivity index (χ3n) is 2.71. The number of nitrogens with one attached hydrogen (secondary N) is 1. The van der Waals surface area contributed by atoms with E-state index in [1.54, 1.807) is 0 Å². The smallest absolute Gasteiger partial charge is 0.317 e. The zero-order chi connectivity index (χ0) is 9.90. The van der Waals surface area contributed by atoms with E-state index in [0.29, 0.717) is 0 Å². The Morgan fingerprint density at radius 1 is 1.38 bits per heavy atom. The molecule has 0 spiro atoms. The van der Waals surface area contributed by atoms with Crippen LogP contribution in [-0.4, -0.2) is 28.9 Å². The molecule has 0 heterocycles. The number of carbonyl (C=O) groups excluding carboxylic acids is 1. The van der Waals surface area contributed by atoms with Crippen LogP contribution < -0.4 is 5.32 Å². The Hall–Kier alpha value is -0.900. The molecule has 0 atom stereocenters. The second-order valence-corrected chi connectivity index (χ2v) is 3.59. The van der Waals surface area contributed by atoms with E-state index in [-0.39, 0.29) is 12.3 Å². The summed E-state index contributed by atoms with van der Waals surface area (Å²) in [6.45, 7) is 1.40. The SMILES string of the molecule is CC(=O)C1(NCC(=O)O)CCCC1. The summed E-state index contributed by atoms with van der Waals surface area (Å²) in [7, 11) is 0. The van der Waals surface area contributed by atoms with Gasteiger partial charge in [0.05, 0.1) is 12.1 Å². The summed E-state index contributed by atoms with van der Waals surface area (Å²) >= 11 is 0. The van der Waals surface area contributed by atoms with E-state index >= 15 is 0 Å². The first-order valence-corrected chi connectivity index (χ1v) is 4.55. The maximum atomic E-state index is 11.3. The predicted octanol–water partition coefficient (Wildman–Crippen LogP) is 0.562. The molecule has 0 aromatic rings. The normalized spacial score (nSPS) is 20.1. The van der Waals surface area contributed by atoms with E-state index < -0.39 is 11.5 Å². The minimum Gasteiger partial charge on any atom is -0.480 e. The first-order chi connectivity index (χ1) is 6.07. The summed E-state index contributed by atoms with van der Waals surface area (Å²) < 4.78 is 0. The van der Waals surface area contributed by atoms with Crippen LogP contribution in [0.5, 0.6) is 0 Å². The summed E-state index contributed by atoms with van der Waals surface area (Å²) in [6, 6.07) is 0. The van der Waals surface area contributed by atoms with Gasteiger partial charge in [0.25, 0.3) is 0 Å². The van der Waals surface area contributed by atoms with Crippen molar-refractivity contribution < 1.29 is 14.7 Å². The summed E-state index contributed by atoms with van der Waals surface area (Å²) in [5, 5.41) is 11.3. The van der Waals surface area contributed by atoms with Crippen molar-refractivity contribution in [2.75, 3.05) is 6.54 Å². The Labute approximate surface area is 77.3 Å². The molecule has 74 valence electrons. The molecule has 0 bridgehead atoms. The summed E-state index contributed by atoms with van der Waals surface area (Å²) in [6.07, 6.45) is 3.56. The van der Waals surface area contributed by atoms with Gasteiger partial charge >= 0.3 is 5.97 Å². The zero-order valence-corrected chi connectivity index (χ0v) is 7.80. The topological polar surface area (TPSA) is 66.4 Å². The highest BCUT2D eigenvalue weighted by molar-refractivity contribution is 5.87. The average molecular weight is 185 g/mol. The number of rotatable bonds is 4. The highest BCUT2D eigenvalue weighted by atomic mass is 16.4. The van der Waals surface area contributed by atoms with Crippen molar-refractivity contribution in [1.82, 2.24) is 5.32 Å². The molecular formula is C9H15NO3. The standard InChI is InChI=1S/C9H15NO3/c1-7(11)9(4-2-3-5-9)10-6-8(12)13/h10H,2-6H2,1H3,(H,12,13). The maximum absolute atomic E-state index is 11.3. The van der Waals surface area contributed by atoms with Crippen LogP contribution in [0.4, 0.5) is 0 Å². The van der Waals surface area contributed by atoms with Gasteiger partial charge in [0, 0.05) is 0 Å². The molecule has 0 saturated heterocycles. The van der Waals surface area contributed by atoms with Gasteiger partial charge in [-0.25, -0.2) is 0 Å². The fourth-order valence-electron chi connectivity index (χ4n) is 1.88. The van der Waals surface area contributed by atoms with Crippen LogP contribution in [0.25, 0.3) is 0 Å². The molecule has 1 aliphatic rings.